The molecule has 1 atom stereocenters. The Morgan fingerprint density at radius 3 is 1.23 bits per heavy atom. The van der Waals surface area contributed by atoms with Crippen molar-refractivity contribution < 1.29 is 19.4 Å². The number of carboxylic acids is 1. The third-order valence-corrected chi connectivity index (χ3v) is 9.44. The van der Waals surface area contributed by atoms with Crippen LogP contribution in [-0.4, -0.2) is 23.1 Å². The minimum atomic E-state index is -0.669. The second-order valence-electron chi connectivity index (χ2n) is 14.5. The van der Waals surface area contributed by atoms with Crippen LogP contribution in [0.2, 0.25) is 0 Å². The van der Waals surface area contributed by atoms with Gasteiger partial charge in [-0.05, 0) is 89.9 Å². The fourth-order valence-corrected chi connectivity index (χ4v) is 6.25. The lowest BCUT2D eigenvalue weighted by molar-refractivity contribution is -0.150. The molecule has 4 nitrogen and oxygen atoms in total. The molecule has 0 aliphatic heterocycles. The zero-order valence-electron chi connectivity index (χ0n) is 34.1. The maximum atomic E-state index is 12.6. The maximum Gasteiger partial charge on any atom is 0.306 e. The number of rotatable bonds is 39. The second-order valence-corrected chi connectivity index (χ2v) is 14.5. The lowest BCUT2D eigenvalue weighted by Gasteiger charge is -2.18. The van der Waals surface area contributed by atoms with Gasteiger partial charge < -0.3 is 9.84 Å². The number of unbranched alkanes of at least 4 members (excludes halogenated alkanes) is 18. The summed E-state index contributed by atoms with van der Waals surface area (Å²) in [5.41, 5.74) is 0. The number of allylic oxidation sites excluding steroid dienone is 12. The molecule has 0 spiro atoms. The van der Waals surface area contributed by atoms with Crippen molar-refractivity contribution in [1.82, 2.24) is 0 Å². The van der Waals surface area contributed by atoms with Crippen LogP contribution in [0.25, 0.3) is 0 Å². The summed E-state index contributed by atoms with van der Waals surface area (Å²) in [5.74, 6) is -0.667. The van der Waals surface area contributed by atoms with Crippen LogP contribution in [0.4, 0.5) is 0 Å². The molecule has 0 bridgehead atoms. The number of esters is 1. The Labute approximate surface area is 322 Å². The van der Waals surface area contributed by atoms with Gasteiger partial charge in [-0.15, -0.1) is 0 Å². The first-order chi connectivity index (χ1) is 25.6. The summed E-state index contributed by atoms with van der Waals surface area (Å²) in [6.07, 6.45) is 61.0. The molecule has 0 aromatic carbocycles. The molecule has 0 radical (unpaired) electrons. The number of ether oxygens (including phenoxy) is 1. The number of carbonyl (C=O) groups is 2. The van der Waals surface area contributed by atoms with Crippen molar-refractivity contribution in [2.75, 3.05) is 0 Å². The predicted octanol–water partition coefficient (Wildman–Crippen LogP) is 15.5. The van der Waals surface area contributed by atoms with E-state index in [2.05, 4.69) is 86.8 Å². The summed E-state index contributed by atoms with van der Waals surface area (Å²) in [4.78, 5) is 23.2. The molecule has 298 valence electrons. The molecule has 0 aliphatic rings. The van der Waals surface area contributed by atoms with Crippen LogP contribution in [0.15, 0.2) is 72.9 Å². The van der Waals surface area contributed by atoms with Crippen molar-refractivity contribution in [3.05, 3.63) is 72.9 Å². The molecule has 0 saturated carbocycles. The summed E-state index contributed by atoms with van der Waals surface area (Å²) in [5, 5.41) is 8.69. The van der Waals surface area contributed by atoms with Crippen molar-refractivity contribution in [3.8, 4) is 0 Å². The SMILES string of the molecule is CC/C=C\C/C=C\C/C=C\C/C=C\C/C=C\C/C=C\CCCCC(=O)OC(CCCCCC)CCCCCCCCCCCCCCCCC(=O)O. The van der Waals surface area contributed by atoms with Gasteiger partial charge in [0.15, 0.2) is 0 Å². The minimum Gasteiger partial charge on any atom is -0.481 e. The van der Waals surface area contributed by atoms with E-state index >= 15 is 0 Å². The van der Waals surface area contributed by atoms with E-state index in [0.717, 1.165) is 83.5 Å². The van der Waals surface area contributed by atoms with Crippen LogP contribution in [0.1, 0.15) is 213 Å². The number of hydrogen-bond donors (Lipinski definition) is 1. The first-order valence-corrected chi connectivity index (χ1v) is 21.9. The van der Waals surface area contributed by atoms with Gasteiger partial charge in [0, 0.05) is 12.8 Å². The molecule has 1 unspecified atom stereocenters. The summed E-state index contributed by atoms with van der Waals surface area (Å²) in [6.45, 7) is 4.41. The molecule has 0 fully saturated rings. The monoisotopic (exact) mass is 723 g/mol. The Hall–Kier alpha value is -2.62. The Kier molecular flexibility index (Phi) is 40.6. The lowest BCUT2D eigenvalue weighted by Crippen LogP contribution is -2.18. The topological polar surface area (TPSA) is 63.6 Å². The highest BCUT2D eigenvalue weighted by molar-refractivity contribution is 5.69. The highest BCUT2D eigenvalue weighted by Crippen LogP contribution is 2.18. The minimum absolute atomic E-state index is 0.00133. The molecule has 52 heavy (non-hydrogen) atoms. The zero-order valence-corrected chi connectivity index (χ0v) is 34.1. The molecule has 0 aromatic rings. The van der Waals surface area contributed by atoms with Gasteiger partial charge in [-0.25, -0.2) is 0 Å². The molecule has 1 N–H and O–H groups in total. The number of hydrogen-bond acceptors (Lipinski definition) is 3. The van der Waals surface area contributed by atoms with Crippen molar-refractivity contribution >= 4 is 11.9 Å². The fraction of sp³-hybridized carbons (Fsp3) is 0.708. The third kappa shape index (κ3) is 41.8. The Morgan fingerprint density at radius 1 is 0.442 bits per heavy atom. The molecule has 0 saturated heterocycles. The Bertz CT molecular complexity index is 953. The van der Waals surface area contributed by atoms with Gasteiger partial charge in [-0.3, -0.25) is 9.59 Å². The standard InChI is InChI=1S/C48H82O4/c1-3-5-7-9-10-11-12-13-14-15-16-17-18-19-20-25-28-31-34-37-41-45-48(51)52-46(42-38-8-6-4-2)43-39-35-32-29-26-23-21-22-24-27-30-33-36-40-44-47(49)50/h5,7,10-11,13-14,16-17,19-20,28,31,46H,3-4,6,8-9,12,15,18,21-27,29-30,32-45H2,1-2H3,(H,49,50)/b7-5-,11-10-,14-13-,17-16-,20-19-,31-28-. The van der Waals surface area contributed by atoms with E-state index < -0.39 is 5.97 Å². The van der Waals surface area contributed by atoms with E-state index in [1.165, 1.54) is 103 Å². The summed E-state index contributed by atoms with van der Waals surface area (Å²) < 4.78 is 6.00. The molecule has 4 heteroatoms. The number of carboxylic acid groups (broad SMARTS) is 1. The molecule has 0 aliphatic carbocycles. The van der Waals surface area contributed by atoms with Gasteiger partial charge in [0.1, 0.15) is 6.10 Å². The van der Waals surface area contributed by atoms with Crippen LogP contribution >= 0.6 is 0 Å². The van der Waals surface area contributed by atoms with Gasteiger partial charge in [0.05, 0.1) is 0 Å². The van der Waals surface area contributed by atoms with E-state index in [4.69, 9.17) is 9.84 Å². The van der Waals surface area contributed by atoms with Crippen LogP contribution in [0.3, 0.4) is 0 Å². The van der Waals surface area contributed by atoms with Crippen molar-refractivity contribution in [2.45, 2.75) is 219 Å². The average molecular weight is 723 g/mol. The van der Waals surface area contributed by atoms with Crippen LogP contribution < -0.4 is 0 Å². The van der Waals surface area contributed by atoms with Gasteiger partial charge in [0.2, 0.25) is 0 Å². The summed E-state index contributed by atoms with van der Waals surface area (Å²) in [7, 11) is 0. The van der Waals surface area contributed by atoms with E-state index in [0.29, 0.717) is 12.8 Å². The quantitative estimate of drug-likeness (QED) is 0.0390. The first-order valence-electron chi connectivity index (χ1n) is 21.9. The van der Waals surface area contributed by atoms with E-state index in [1.54, 1.807) is 0 Å². The van der Waals surface area contributed by atoms with Crippen LogP contribution in [0, 0.1) is 0 Å². The lowest BCUT2D eigenvalue weighted by atomic mass is 10.0. The van der Waals surface area contributed by atoms with Crippen molar-refractivity contribution in [3.63, 3.8) is 0 Å². The molecule has 0 heterocycles. The van der Waals surface area contributed by atoms with Gasteiger partial charge in [-0.1, -0.05) is 183 Å². The van der Waals surface area contributed by atoms with Crippen molar-refractivity contribution in [2.24, 2.45) is 0 Å². The fourth-order valence-electron chi connectivity index (χ4n) is 6.25. The van der Waals surface area contributed by atoms with E-state index in [-0.39, 0.29) is 12.1 Å². The van der Waals surface area contributed by atoms with E-state index in [1.807, 2.05) is 0 Å². The Morgan fingerprint density at radius 2 is 0.808 bits per heavy atom. The van der Waals surface area contributed by atoms with Crippen molar-refractivity contribution in [1.29, 1.82) is 0 Å². The zero-order chi connectivity index (χ0) is 37.8. The third-order valence-electron chi connectivity index (χ3n) is 9.44. The number of carbonyl (C=O) groups excluding carboxylic acids is 1. The maximum absolute atomic E-state index is 12.6. The van der Waals surface area contributed by atoms with E-state index in [9.17, 15) is 9.59 Å². The predicted molar refractivity (Wildman–Crippen MR) is 227 cm³/mol. The summed E-state index contributed by atoms with van der Waals surface area (Å²) >= 11 is 0. The highest BCUT2D eigenvalue weighted by atomic mass is 16.5. The summed E-state index contributed by atoms with van der Waals surface area (Å²) in [6, 6.07) is 0. The Balaban J connectivity index is 3.90. The highest BCUT2D eigenvalue weighted by Gasteiger charge is 2.14. The second kappa shape index (κ2) is 42.8. The van der Waals surface area contributed by atoms with Gasteiger partial charge >= 0.3 is 11.9 Å². The van der Waals surface area contributed by atoms with Crippen LogP contribution in [0.5, 0.6) is 0 Å². The van der Waals surface area contributed by atoms with Crippen LogP contribution in [-0.2, 0) is 14.3 Å². The largest absolute Gasteiger partial charge is 0.481 e. The first kappa shape index (κ1) is 49.4. The molecule has 0 aromatic heterocycles. The molecule has 0 amide bonds. The normalized spacial score (nSPS) is 13.0. The van der Waals surface area contributed by atoms with Gasteiger partial charge in [-0.2, -0.15) is 0 Å². The smallest absolute Gasteiger partial charge is 0.306 e. The molecular weight excluding hydrogens is 641 g/mol. The van der Waals surface area contributed by atoms with Gasteiger partial charge in [0.25, 0.3) is 0 Å². The molecule has 0 rings (SSSR count). The average Bonchev–Trinajstić information content (AvgIpc) is 3.13. The number of aliphatic carboxylic acids is 1. The molecular formula is C48H82O4.